The third-order valence-corrected chi connectivity index (χ3v) is 3.23. The molecule has 0 aromatic carbocycles. The number of hydrogen-bond donors (Lipinski definition) is 1. The number of hydrogen-bond acceptors (Lipinski definition) is 3. The second-order valence-electron chi connectivity index (χ2n) is 4.50. The lowest BCUT2D eigenvalue weighted by molar-refractivity contribution is -0.183. The van der Waals surface area contributed by atoms with Crippen LogP contribution in [0.15, 0.2) is 0 Å². The van der Waals surface area contributed by atoms with Gasteiger partial charge in [0.05, 0.1) is 13.0 Å². The molecule has 1 rings (SSSR count). The molecule has 0 aromatic heterocycles. The third kappa shape index (κ3) is 4.18. The van der Waals surface area contributed by atoms with Gasteiger partial charge in [-0.05, 0) is 32.6 Å². The molecule has 0 aromatic rings. The Kier molecular flexibility index (Phi) is 4.80. The van der Waals surface area contributed by atoms with E-state index in [1.54, 1.807) is 6.92 Å². The van der Waals surface area contributed by atoms with Gasteiger partial charge in [-0.15, -0.1) is 0 Å². The highest BCUT2D eigenvalue weighted by Gasteiger charge is 2.41. The first-order chi connectivity index (χ1) is 7.84. The topological polar surface area (TPSA) is 38.3 Å². The van der Waals surface area contributed by atoms with Gasteiger partial charge in [0, 0.05) is 6.04 Å². The molecular weight excluding hydrogens is 235 g/mol. The van der Waals surface area contributed by atoms with Gasteiger partial charge in [-0.3, -0.25) is 4.79 Å². The monoisotopic (exact) mass is 253 g/mol. The number of halogens is 3. The van der Waals surface area contributed by atoms with Gasteiger partial charge >= 0.3 is 12.1 Å². The Bertz CT molecular complexity index is 260. The van der Waals surface area contributed by atoms with Crippen molar-refractivity contribution < 1.29 is 22.7 Å². The maximum absolute atomic E-state index is 12.4. The van der Waals surface area contributed by atoms with Crippen molar-refractivity contribution >= 4 is 5.97 Å². The van der Waals surface area contributed by atoms with Crippen LogP contribution in [0.3, 0.4) is 0 Å². The van der Waals surface area contributed by atoms with Crippen molar-refractivity contribution in [2.75, 3.05) is 7.11 Å². The molecule has 1 unspecified atom stereocenters. The molecule has 0 radical (unpaired) electrons. The fraction of sp³-hybridized carbons (Fsp3) is 0.909. The minimum atomic E-state index is -4.08. The predicted octanol–water partition coefficient (Wildman–Crippen LogP) is 2.26. The fourth-order valence-electron chi connectivity index (χ4n) is 2.19. The van der Waals surface area contributed by atoms with Crippen molar-refractivity contribution in [2.45, 2.75) is 50.9 Å². The zero-order valence-corrected chi connectivity index (χ0v) is 10.0. The molecule has 17 heavy (non-hydrogen) atoms. The van der Waals surface area contributed by atoms with Crippen molar-refractivity contribution in [2.24, 2.45) is 5.92 Å². The minimum Gasteiger partial charge on any atom is -0.468 e. The van der Waals surface area contributed by atoms with Crippen molar-refractivity contribution in [3.63, 3.8) is 0 Å². The van der Waals surface area contributed by atoms with E-state index in [4.69, 9.17) is 0 Å². The highest BCUT2D eigenvalue weighted by Crippen LogP contribution is 2.37. The largest absolute Gasteiger partial charge is 0.468 e. The molecule has 1 atom stereocenters. The predicted molar refractivity (Wildman–Crippen MR) is 56.4 cm³/mol. The normalized spacial score (nSPS) is 27.6. The Balaban J connectivity index is 2.35. The van der Waals surface area contributed by atoms with Crippen LogP contribution in [0.5, 0.6) is 0 Å². The first-order valence-electron chi connectivity index (χ1n) is 5.75. The SMILES string of the molecule is COC(=O)C(C)NC1CCC(C(F)(F)F)CC1. The maximum Gasteiger partial charge on any atom is 0.391 e. The number of carbonyl (C=O) groups excluding carboxylic acids is 1. The van der Waals surface area contributed by atoms with Gasteiger partial charge in [-0.25, -0.2) is 0 Å². The van der Waals surface area contributed by atoms with E-state index in [0.29, 0.717) is 12.8 Å². The molecular formula is C11H18F3NO2. The van der Waals surface area contributed by atoms with Gasteiger partial charge in [-0.1, -0.05) is 0 Å². The highest BCUT2D eigenvalue weighted by molar-refractivity contribution is 5.75. The Morgan fingerprint density at radius 1 is 1.29 bits per heavy atom. The van der Waals surface area contributed by atoms with Crippen LogP contribution in [0.4, 0.5) is 13.2 Å². The zero-order chi connectivity index (χ0) is 13.1. The Morgan fingerprint density at radius 2 is 1.82 bits per heavy atom. The van der Waals surface area contributed by atoms with Crippen LogP contribution in [-0.2, 0) is 9.53 Å². The summed E-state index contributed by atoms with van der Waals surface area (Å²) in [4.78, 5) is 11.1. The number of rotatable bonds is 3. The van der Waals surface area contributed by atoms with Crippen LogP contribution in [0.2, 0.25) is 0 Å². The Labute approximate surface area is 98.7 Å². The molecule has 0 aliphatic heterocycles. The van der Waals surface area contributed by atoms with E-state index in [0.717, 1.165) is 0 Å². The number of methoxy groups -OCH3 is 1. The second kappa shape index (κ2) is 5.71. The van der Waals surface area contributed by atoms with Gasteiger partial charge in [0.25, 0.3) is 0 Å². The number of ether oxygens (including phenoxy) is 1. The summed E-state index contributed by atoms with van der Waals surface area (Å²) in [6.45, 7) is 1.65. The van der Waals surface area contributed by atoms with Crippen LogP contribution in [0.1, 0.15) is 32.6 Å². The van der Waals surface area contributed by atoms with Crippen molar-refractivity contribution in [3.8, 4) is 0 Å². The van der Waals surface area contributed by atoms with Crippen LogP contribution >= 0.6 is 0 Å². The lowest BCUT2D eigenvalue weighted by Crippen LogP contribution is -2.44. The standard InChI is InChI=1S/C11H18F3NO2/c1-7(10(16)17-2)15-9-5-3-8(4-6-9)11(12,13)14/h7-9,15H,3-6H2,1-2H3. The third-order valence-electron chi connectivity index (χ3n) is 3.23. The molecule has 1 N–H and O–H groups in total. The average molecular weight is 253 g/mol. The van der Waals surface area contributed by atoms with E-state index < -0.39 is 18.1 Å². The van der Waals surface area contributed by atoms with Crippen LogP contribution in [0.25, 0.3) is 0 Å². The van der Waals surface area contributed by atoms with Gasteiger partial charge in [0.1, 0.15) is 6.04 Å². The minimum absolute atomic E-state index is 0.0253. The molecule has 0 amide bonds. The van der Waals surface area contributed by atoms with Gasteiger partial charge < -0.3 is 10.1 Å². The summed E-state index contributed by atoms with van der Waals surface area (Å²) >= 11 is 0. The summed E-state index contributed by atoms with van der Waals surface area (Å²) in [5.41, 5.74) is 0. The van der Waals surface area contributed by atoms with Gasteiger partial charge in [0.15, 0.2) is 0 Å². The van der Waals surface area contributed by atoms with E-state index in [2.05, 4.69) is 10.1 Å². The smallest absolute Gasteiger partial charge is 0.391 e. The van der Waals surface area contributed by atoms with E-state index in [9.17, 15) is 18.0 Å². The molecule has 1 saturated carbocycles. The maximum atomic E-state index is 12.4. The van der Waals surface area contributed by atoms with E-state index in [-0.39, 0.29) is 24.9 Å². The number of carbonyl (C=O) groups is 1. The zero-order valence-electron chi connectivity index (χ0n) is 10.0. The van der Waals surface area contributed by atoms with Crippen molar-refractivity contribution in [1.82, 2.24) is 5.32 Å². The van der Waals surface area contributed by atoms with E-state index in [1.807, 2.05) is 0 Å². The molecule has 3 nitrogen and oxygen atoms in total. The van der Waals surface area contributed by atoms with Crippen LogP contribution < -0.4 is 5.32 Å². The van der Waals surface area contributed by atoms with Gasteiger partial charge in [-0.2, -0.15) is 13.2 Å². The molecule has 6 heteroatoms. The molecule has 0 saturated heterocycles. The number of nitrogens with one attached hydrogen (secondary N) is 1. The average Bonchev–Trinajstić information content (AvgIpc) is 2.27. The number of alkyl halides is 3. The summed E-state index contributed by atoms with van der Waals surface area (Å²) in [5.74, 6) is -1.57. The first-order valence-corrected chi connectivity index (χ1v) is 5.75. The highest BCUT2D eigenvalue weighted by atomic mass is 19.4. The Morgan fingerprint density at radius 3 is 2.24 bits per heavy atom. The molecule has 100 valence electrons. The van der Waals surface area contributed by atoms with E-state index in [1.165, 1.54) is 7.11 Å². The Hall–Kier alpha value is -0.780. The van der Waals surface area contributed by atoms with Crippen LogP contribution in [-0.4, -0.2) is 31.3 Å². The van der Waals surface area contributed by atoms with E-state index >= 15 is 0 Å². The lowest BCUT2D eigenvalue weighted by atomic mass is 9.85. The van der Waals surface area contributed by atoms with Crippen molar-refractivity contribution in [3.05, 3.63) is 0 Å². The summed E-state index contributed by atoms with van der Waals surface area (Å²) in [5, 5.41) is 3.00. The summed E-state index contributed by atoms with van der Waals surface area (Å²) in [7, 11) is 1.29. The number of esters is 1. The molecule has 1 aliphatic carbocycles. The fourth-order valence-corrected chi connectivity index (χ4v) is 2.19. The quantitative estimate of drug-likeness (QED) is 0.784. The molecule has 1 fully saturated rings. The summed E-state index contributed by atoms with van der Waals surface area (Å²) in [6.07, 6.45) is -2.92. The lowest BCUT2D eigenvalue weighted by Gasteiger charge is -2.31. The van der Waals surface area contributed by atoms with Gasteiger partial charge in [0.2, 0.25) is 0 Å². The van der Waals surface area contributed by atoms with Crippen molar-refractivity contribution in [1.29, 1.82) is 0 Å². The summed E-state index contributed by atoms with van der Waals surface area (Å²) < 4.78 is 41.8. The first kappa shape index (κ1) is 14.3. The van der Waals surface area contributed by atoms with Crippen LogP contribution in [0, 0.1) is 5.92 Å². The second-order valence-corrected chi connectivity index (χ2v) is 4.50. The molecule has 0 spiro atoms. The molecule has 0 heterocycles. The molecule has 1 aliphatic rings. The summed E-state index contributed by atoms with van der Waals surface area (Å²) in [6, 6.07) is -0.491. The molecule has 0 bridgehead atoms.